The molecule has 0 unspecified atom stereocenters. The standard InChI is InChI=1S/C15H29N3O2/c1-13-14(11-16-15(2,3)4)12-17-18(13)7-10-20-9-6-8-19-5/h12,16H,6-11H2,1-5H3. The fourth-order valence-corrected chi connectivity index (χ4v) is 1.80. The number of rotatable bonds is 9. The molecule has 5 nitrogen and oxygen atoms in total. The van der Waals surface area contributed by atoms with Crippen molar-refractivity contribution in [2.24, 2.45) is 0 Å². The van der Waals surface area contributed by atoms with Crippen molar-refractivity contribution in [2.75, 3.05) is 26.9 Å². The lowest BCUT2D eigenvalue weighted by Gasteiger charge is -2.20. The van der Waals surface area contributed by atoms with Crippen LogP contribution in [-0.2, 0) is 22.6 Å². The van der Waals surface area contributed by atoms with Gasteiger partial charge in [0.15, 0.2) is 0 Å². The number of methoxy groups -OCH3 is 1. The maximum atomic E-state index is 5.56. The van der Waals surface area contributed by atoms with E-state index in [0.29, 0.717) is 6.61 Å². The van der Waals surface area contributed by atoms with Crippen molar-refractivity contribution in [1.82, 2.24) is 15.1 Å². The number of nitrogens with one attached hydrogen (secondary N) is 1. The first-order valence-corrected chi connectivity index (χ1v) is 7.27. The van der Waals surface area contributed by atoms with Crippen molar-refractivity contribution in [3.05, 3.63) is 17.5 Å². The lowest BCUT2D eigenvalue weighted by molar-refractivity contribution is 0.0958. The highest BCUT2D eigenvalue weighted by atomic mass is 16.5. The molecule has 1 rings (SSSR count). The summed E-state index contributed by atoms with van der Waals surface area (Å²) >= 11 is 0. The van der Waals surface area contributed by atoms with E-state index in [2.05, 4.69) is 38.1 Å². The van der Waals surface area contributed by atoms with Crippen molar-refractivity contribution < 1.29 is 9.47 Å². The molecule has 5 heteroatoms. The first-order valence-electron chi connectivity index (χ1n) is 7.27. The van der Waals surface area contributed by atoms with Gasteiger partial charge in [0, 0.05) is 43.7 Å². The van der Waals surface area contributed by atoms with Gasteiger partial charge >= 0.3 is 0 Å². The quantitative estimate of drug-likeness (QED) is 0.705. The molecule has 0 fully saturated rings. The minimum Gasteiger partial charge on any atom is -0.385 e. The van der Waals surface area contributed by atoms with Gasteiger partial charge in [-0.25, -0.2) is 0 Å². The molecule has 0 saturated carbocycles. The van der Waals surface area contributed by atoms with Crippen LogP contribution in [0.1, 0.15) is 38.4 Å². The van der Waals surface area contributed by atoms with Crippen LogP contribution in [0.15, 0.2) is 6.20 Å². The van der Waals surface area contributed by atoms with Gasteiger partial charge in [0.1, 0.15) is 0 Å². The van der Waals surface area contributed by atoms with Gasteiger partial charge in [-0.05, 0) is 34.1 Å². The van der Waals surface area contributed by atoms with Crippen molar-refractivity contribution in [2.45, 2.75) is 52.7 Å². The minimum absolute atomic E-state index is 0.124. The van der Waals surface area contributed by atoms with Crippen LogP contribution in [0.2, 0.25) is 0 Å². The van der Waals surface area contributed by atoms with Gasteiger partial charge in [-0.1, -0.05) is 0 Å². The fraction of sp³-hybridized carbons (Fsp3) is 0.800. The summed E-state index contributed by atoms with van der Waals surface area (Å²) in [6, 6.07) is 0. The van der Waals surface area contributed by atoms with Crippen LogP contribution in [-0.4, -0.2) is 42.2 Å². The van der Waals surface area contributed by atoms with Crippen LogP contribution in [0.4, 0.5) is 0 Å². The van der Waals surface area contributed by atoms with E-state index in [4.69, 9.17) is 9.47 Å². The van der Waals surface area contributed by atoms with E-state index in [-0.39, 0.29) is 5.54 Å². The van der Waals surface area contributed by atoms with E-state index in [9.17, 15) is 0 Å². The van der Waals surface area contributed by atoms with Crippen molar-refractivity contribution in [1.29, 1.82) is 0 Å². The van der Waals surface area contributed by atoms with Gasteiger partial charge in [0.2, 0.25) is 0 Å². The summed E-state index contributed by atoms with van der Waals surface area (Å²) < 4.78 is 12.6. The third kappa shape index (κ3) is 6.50. The summed E-state index contributed by atoms with van der Waals surface area (Å²) in [5.74, 6) is 0. The summed E-state index contributed by atoms with van der Waals surface area (Å²) in [5, 5.41) is 7.91. The van der Waals surface area contributed by atoms with Gasteiger partial charge in [0.05, 0.1) is 19.3 Å². The van der Waals surface area contributed by atoms with Crippen LogP contribution in [0.25, 0.3) is 0 Å². The Hall–Kier alpha value is -0.910. The average molecular weight is 283 g/mol. The molecule has 0 aromatic carbocycles. The second kappa shape index (κ2) is 8.39. The number of ether oxygens (including phenoxy) is 2. The Bertz CT molecular complexity index is 383. The Balaban J connectivity index is 2.31. The number of nitrogens with zero attached hydrogens (tertiary/aromatic N) is 2. The first kappa shape index (κ1) is 17.1. The van der Waals surface area contributed by atoms with Crippen molar-refractivity contribution in [3.63, 3.8) is 0 Å². The van der Waals surface area contributed by atoms with Gasteiger partial charge < -0.3 is 14.8 Å². The number of hydrogen-bond acceptors (Lipinski definition) is 4. The molecule has 1 heterocycles. The molecule has 0 spiro atoms. The smallest absolute Gasteiger partial charge is 0.0662 e. The summed E-state index contributed by atoms with van der Waals surface area (Å²) in [5.41, 5.74) is 2.58. The van der Waals surface area contributed by atoms with Crippen molar-refractivity contribution >= 4 is 0 Å². The number of hydrogen-bond donors (Lipinski definition) is 1. The van der Waals surface area contributed by atoms with Gasteiger partial charge in [-0.15, -0.1) is 0 Å². The Morgan fingerprint density at radius 3 is 2.65 bits per heavy atom. The molecule has 0 aliphatic carbocycles. The molecule has 1 N–H and O–H groups in total. The molecule has 0 bridgehead atoms. The molecule has 0 atom stereocenters. The zero-order chi connectivity index (χ0) is 15.0. The average Bonchev–Trinajstić information content (AvgIpc) is 2.72. The molecule has 116 valence electrons. The fourth-order valence-electron chi connectivity index (χ4n) is 1.80. The van der Waals surface area contributed by atoms with Crippen LogP contribution in [0, 0.1) is 6.92 Å². The predicted octanol–water partition coefficient (Wildman–Crippen LogP) is 2.13. The van der Waals surface area contributed by atoms with Crippen LogP contribution in [0.5, 0.6) is 0 Å². The summed E-state index contributed by atoms with van der Waals surface area (Å²) in [7, 11) is 1.71. The maximum Gasteiger partial charge on any atom is 0.0662 e. The second-order valence-electron chi connectivity index (χ2n) is 6.04. The first-order chi connectivity index (χ1) is 9.44. The van der Waals surface area contributed by atoms with Gasteiger partial charge in [-0.3, -0.25) is 4.68 Å². The highest BCUT2D eigenvalue weighted by Gasteiger charge is 2.11. The highest BCUT2D eigenvalue weighted by Crippen LogP contribution is 2.09. The largest absolute Gasteiger partial charge is 0.385 e. The van der Waals surface area contributed by atoms with Crippen LogP contribution < -0.4 is 5.32 Å². The third-order valence-electron chi connectivity index (χ3n) is 3.10. The molecule has 0 aliphatic rings. The maximum absolute atomic E-state index is 5.56. The molecule has 0 amide bonds. The lowest BCUT2D eigenvalue weighted by Crippen LogP contribution is -2.35. The molecule has 0 aliphatic heterocycles. The molecule has 0 saturated heterocycles. The molecular formula is C15H29N3O2. The SMILES string of the molecule is COCCCOCCn1ncc(CNC(C)(C)C)c1C. The molecule has 1 aromatic rings. The predicted molar refractivity (Wildman–Crippen MR) is 80.9 cm³/mol. The monoisotopic (exact) mass is 283 g/mol. The van der Waals surface area contributed by atoms with E-state index in [1.165, 1.54) is 11.3 Å². The third-order valence-corrected chi connectivity index (χ3v) is 3.10. The Labute approximate surface area is 122 Å². The van der Waals surface area contributed by atoms with Crippen LogP contribution in [0.3, 0.4) is 0 Å². The zero-order valence-corrected chi connectivity index (χ0v) is 13.5. The highest BCUT2D eigenvalue weighted by molar-refractivity contribution is 5.16. The lowest BCUT2D eigenvalue weighted by atomic mass is 10.1. The topological polar surface area (TPSA) is 48.3 Å². The van der Waals surface area contributed by atoms with E-state index in [1.54, 1.807) is 7.11 Å². The Morgan fingerprint density at radius 2 is 2.00 bits per heavy atom. The van der Waals surface area contributed by atoms with E-state index in [0.717, 1.165) is 32.7 Å². The normalized spacial score (nSPS) is 12.1. The molecule has 0 radical (unpaired) electrons. The van der Waals surface area contributed by atoms with Gasteiger partial charge in [0.25, 0.3) is 0 Å². The zero-order valence-electron chi connectivity index (χ0n) is 13.5. The van der Waals surface area contributed by atoms with Crippen molar-refractivity contribution in [3.8, 4) is 0 Å². The van der Waals surface area contributed by atoms with Gasteiger partial charge in [-0.2, -0.15) is 5.10 Å². The Kier molecular flexibility index (Phi) is 7.19. The molecular weight excluding hydrogens is 254 g/mol. The summed E-state index contributed by atoms with van der Waals surface area (Å²) in [6.45, 7) is 12.5. The van der Waals surface area contributed by atoms with E-state index >= 15 is 0 Å². The summed E-state index contributed by atoms with van der Waals surface area (Å²) in [4.78, 5) is 0. The second-order valence-corrected chi connectivity index (χ2v) is 6.04. The molecule has 20 heavy (non-hydrogen) atoms. The summed E-state index contributed by atoms with van der Waals surface area (Å²) in [6.07, 6.45) is 2.88. The minimum atomic E-state index is 0.124. The Morgan fingerprint density at radius 1 is 1.25 bits per heavy atom. The van der Waals surface area contributed by atoms with E-state index in [1.807, 2.05) is 10.9 Å². The van der Waals surface area contributed by atoms with Crippen LogP contribution >= 0.6 is 0 Å². The number of aromatic nitrogens is 2. The van der Waals surface area contributed by atoms with E-state index < -0.39 is 0 Å². The molecule has 1 aromatic heterocycles.